The van der Waals surface area contributed by atoms with Crippen LogP contribution in [0.15, 0.2) is 66.9 Å². The molecule has 2 aromatic heterocycles. The first kappa shape index (κ1) is 16.7. The van der Waals surface area contributed by atoms with Crippen molar-refractivity contribution in [2.24, 2.45) is 0 Å². The zero-order valence-corrected chi connectivity index (χ0v) is 14.8. The predicted octanol–water partition coefficient (Wildman–Crippen LogP) is 4.06. The molecular weight excluding hydrogens is 361 g/mol. The van der Waals surface area contributed by atoms with E-state index in [0.29, 0.717) is 28.5 Å². The van der Waals surface area contributed by atoms with Crippen LogP contribution in [0.25, 0.3) is 5.65 Å². The molecule has 0 spiro atoms. The number of halogens is 1. The van der Waals surface area contributed by atoms with Crippen LogP contribution >= 0.6 is 0 Å². The lowest BCUT2D eigenvalue weighted by molar-refractivity contribution is -0.112. The number of nitrogens with zero attached hydrogens (tertiary/aromatic N) is 3. The molecule has 4 aromatic rings. The maximum atomic E-state index is 14.1. The molecule has 0 unspecified atom stereocenters. The van der Waals surface area contributed by atoms with Gasteiger partial charge in [0.1, 0.15) is 18.2 Å². The van der Waals surface area contributed by atoms with Gasteiger partial charge in [-0.15, -0.1) is 5.10 Å². The van der Waals surface area contributed by atoms with Gasteiger partial charge in [0.05, 0.1) is 6.61 Å². The average Bonchev–Trinajstić information content (AvgIpc) is 3.15. The summed E-state index contributed by atoms with van der Waals surface area (Å²) in [5, 5.41) is 8.09. The van der Waals surface area contributed by atoms with Crippen molar-refractivity contribution >= 4 is 5.65 Å². The Morgan fingerprint density at radius 1 is 1.07 bits per heavy atom. The van der Waals surface area contributed by atoms with Crippen molar-refractivity contribution in [3.8, 4) is 11.8 Å². The summed E-state index contributed by atoms with van der Waals surface area (Å²) in [5.74, 6) is 0.212. The van der Waals surface area contributed by atoms with E-state index >= 15 is 0 Å². The standard InChI is InChI=1S/C21H16FN3O3/c22-17-10-15-12-26-20(14-6-2-1-3-7-14)28-19(15)16(11-17)13-27-21-24-23-18-8-4-5-9-25(18)21/h1-11,20H,12-13H2/t20-/m1/s1. The van der Waals surface area contributed by atoms with Gasteiger partial charge >= 0.3 is 6.01 Å². The average molecular weight is 377 g/mol. The molecule has 3 heterocycles. The third-order valence-electron chi connectivity index (χ3n) is 4.53. The van der Waals surface area contributed by atoms with Crippen molar-refractivity contribution in [1.29, 1.82) is 0 Å². The fourth-order valence-corrected chi connectivity index (χ4v) is 3.22. The van der Waals surface area contributed by atoms with Crippen molar-refractivity contribution in [1.82, 2.24) is 14.6 Å². The van der Waals surface area contributed by atoms with Gasteiger partial charge in [-0.25, -0.2) is 4.39 Å². The molecule has 2 aromatic carbocycles. The summed E-state index contributed by atoms with van der Waals surface area (Å²) in [5.41, 5.74) is 2.81. The highest BCUT2D eigenvalue weighted by Gasteiger charge is 2.25. The van der Waals surface area contributed by atoms with Crippen LogP contribution in [0, 0.1) is 5.82 Å². The molecule has 0 radical (unpaired) electrons. The van der Waals surface area contributed by atoms with E-state index in [1.165, 1.54) is 12.1 Å². The first-order chi connectivity index (χ1) is 13.8. The highest BCUT2D eigenvalue weighted by Crippen LogP contribution is 2.36. The topological polar surface area (TPSA) is 57.9 Å². The van der Waals surface area contributed by atoms with E-state index in [2.05, 4.69) is 10.2 Å². The third kappa shape index (κ3) is 3.05. The van der Waals surface area contributed by atoms with Crippen molar-refractivity contribution in [2.75, 3.05) is 0 Å². The Labute approximate surface area is 160 Å². The lowest BCUT2D eigenvalue weighted by Crippen LogP contribution is -2.20. The van der Waals surface area contributed by atoms with E-state index in [4.69, 9.17) is 14.2 Å². The Morgan fingerprint density at radius 2 is 1.93 bits per heavy atom. The van der Waals surface area contributed by atoms with Gasteiger partial charge in [0.2, 0.25) is 6.29 Å². The molecule has 0 amide bonds. The minimum absolute atomic E-state index is 0.0945. The van der Waals surface area contributed by atoms with E-state index < -0.39 is 6.29 Å². The van der Waals surface area contributed by atoms with E-state index in [1.54, 1.807) is 4.40 Å². The van der Waals surface area contributed by atoms with Gasteiger partial charge in [0, 0.05) is 22.9 Å². The van der Waals surface area contributed by atoms with Gasteiger partial charge < -0.3 is 14.2 Å². The molecule has 140 valence electrons. The maximum absolute atomic E-state index is 14.1. The van der Waals surface area contributed by atoms with Gasteiger partial charge in [0.25, 0.3) is 0 Å². The number of pyridine rings is 1. The van der Waals surface area contributed by atoms with Crippen LogP contribution in [-0.4, -0.2) is 14.6 Å². The lowest BCUT2D eigenvalue weighted by atomic mass is 10.1. The molecule has 5 rings (SSSR count). The number of aromatic nitrogens is 3. The smallest absolute Gasteiger partial charge is 0.321 e. The molecule has 1 atom stereocenters. The minimum atomic E-state index is -0.549. The first-order valence-corrected chi connectivity index (χ1v) is 8.85. The van der Waals surface area contributed by atoms with Crippen LogP contribution in [-0.2, 0) is 18.0 Å². The molecule has 28 heavy (non-hydrogen) atoms. The van der Waals surface area contributed by atoms with Crippen LogP contribution < -0.4 is 9.47 Å². The molecule has 1 aliphatic heterocycles. The summed E-state index contributed by atoms with van der Waals surface area (Å²) in [4.78, 5) is 0. The second-order valence-corrected chi connectivity index (χ2v) is 6.42. The second kappa shape index (κ2) is 6.94. The minimum Gasteiger partial charge on any atom is -0.460 e. The summed E-state index contributed by atoms with van der Waals surface area (Å²) in [6, 6.07) is 18.3. The molecule has 0 saturated carbocycles. The van der Waals surface area contributed by atoms with Gasteiger partial charge in [-0.3, -0.25) is 4.40 Å². The number of hydrogen-bond acceptors (Lipinski definition) is 5. The van der Waals surface area contributed by atoms with Gasteiger partial charge in [0.15, 0.2) is 5.65 Å². The van der Waals surface area contributed by atoms with E-state index in [9.17, 15) is 4.39 Å². The van der Waals surface area contributed by atoms with Crippen LogP contribution in [0.1, 0.15) is 23.0 Å². The maximum Gasteiger partial charge on any atom is 0.321 e. The predicted molar refractivity (Wildman–Crippen MR) is 98.3 cm³/mol. The molecule has 0 fully saturated rings. The van der Waals surface area contributed by atoms with Crippen molar-refractivity contribution in [2.45, 2.75) is 19.5 Å². The van der Waals surface area contributed by atoms with E-state index in [0.717, 1.165) is 5.56 Å². The highest BCUT2D eigenvalue weighted by molar-refractivity contribution is 5.43. The van der Waals surface area contributed by atoms with Crippen molar-refractivity contribution in [3.05, 3.63) is 89.4 Å². The number of ether oxygens (including phenoxy) is 3. The Hall–Kier alpha value is -3.45. The van der Waals surface area contributed by atoms with E-state index in [-0.39, 0.29) is 19.0 Å². The SMILES string of the molecule is Fc1cc(COc2nnc3ccccn23)c2c(c1)CO[C@@H](c1ccccc1)O2. The molecule has 0 saturated heterocycles. The Kier molecular flexibility index (Phi) is 4.14. The number of benzene rings is 2. The summed E-state index contributed by atoms with van der Waals surface area (Å²) >= 11 is 0. The van der Waals surface area contributed by atoms with Gasteiger partial charge in [-0.05, 0) is 24.3 Å². The van der Waals surface area contributed by atoms with Crippen LogP contribution in [0.4, 0.5) is 4.39 Å². The third-order valence-corrected chi connectivity index (χ3v) is 4.53. The molecule has 0 aliphatic carbocycles. The van der Waals surface area contributed by atoms with Crippen LogP contribution in [0.5, 0.6) is 11.8 Å². The largest absolute Gasteiger partial charge is 0.460 e. The summed E-state index contributed by atoms with van der Waals surface area (Å²) < 4.78 is 33.4. The summed E-state index contributed by atoms with van der Waals surface area (Å²) in [7, 11) is 0. The zero-order chi connectivity index (χ0) is 18.9. The quantitative estimate of drug-likeness (QED) is 0.537. The Morgan fingerprint density at radius 3 is 2.82 bits per heavy atom. The summed E-state index contributed by atoms with van der Waals surface area (Å²) in [6.07, 6.45) is 1.26. The molecule has 6 nitrogen and oxygen atoms in total. The monoisotopic (exact) mass is 377 g/mol. The summed E-state index contributed by atoms with van der Waals surface area (Å²) in [6.45, 7) is 0.352. The Bertz CT molecular complexity index is 1130. The normalized spacial score (nSPS) is 15.8. The fourth-order valence-electron chi connectivity index (χ4n) is 3.22. The van der Waals surface area contributed by atoms with Crippen molar-refractivity contribution in [3.63, 3.8) is 0 Å². The second-order valence-electron chi connectivity index (χ2n) is 6.42. The lowest BCUT2D eigenvalue weighted by Gasteiger charge is -2.28. The number of rotatable bonds is 4. The number of hydrogen-bond donors (Lipinski definition) is 0. The van der Waals surface area contributed by atoms with E-state index in [1.807, 2.05) is 54.7 Å². The molecule has 1 aliphatic rings. The Balaban J connectivity index is 1.43. The van der Waals surface area contributed by atoms with Crippen LogP contribution in [0.2, 0.25) is 0 Å². The van der Waals surface area contributed by atoms with Gasteiger partial charge in [-0.1, -0.05) is 41.5 Å². The van der Waals surface area contributed by atoms with Crippen LogP contribution in [0.3, 0.4) is 0 Å². The number of fused-ring (bicyclic) bond motifs is 2. The fraction of sp³-hybridized carbons (Fsp3) is 0.143. The molecule has 0 N–H and O–H groups in total. The molecule has 0 bridgehead atoms. The first-order valence-electron chi connectivity index (χ1n) is 8.85. The van der Waals surface area contributed by atoms with Crippen molar-refractivity contribution < 1.29 is 18.6 Å². The molecule has 7 heteroatoms. The van der Waals surface area contributed by atoms with Gasteiger partial charge in [-0.2, -0.15) is 0 Å². The highest BCUT2D eigenvalue weighted by atomic mass is 19.1. The zero-order valence-electron chi connectivity index (χ0n) is 14.8. The molecular formula is C21H16FN3O3.